The maximum absolute atomic E-state index is 12.5. The molecular formula is C19H22N4O2S2. The molecule has 0 bridgehead atoms. The van der Waals surface area contributed by atoms with Crippen LogP contribution < -0.4 is 10.9 Å². The van der Waals surface area contributed by atoms with Gasteiger partial charge in [-0.15, -0.1) is 22.7 Å². The van der Waals surface area contributed by atoms with Gasteiger partial charge < -0.3 is 10.3 Å². The molecule has 0 saturated heterocycles. The molecule has 0 radical (unpaired) electrons. The van der Waals surface area contributed by atoms with Gasteiger partial charge in [0.05, 0.1) is 11.1 Å². The maximum atomic E-state index is 12.5. The largest absolute Gasteiger partial charge is 0.310 e. The first-order valence-electron chi connectivity index (χ1n) is 9.34. The van der Waals surface area contributed by atoms with E-state index in [9.17, 15) is 9.59 Å². The van der Waals surface area contributed by atoms with Crippen molar-refractivity contribution in [3.05, 3.63) is 37.7 Å². The number of fused-ring (bicyclic) bond motifs is 3. The van der Waals surface area contributed by atoms with Crippen LogP contribution >= 0.6 is 22.7 Å². The zero-order chi connectivity index (χ0) is 19.0. The zero-order valence-corrected chi connectivity index (χ0v) is 17.1. The quantitative estimate of drug-likeness (QED) is 0.652. The van der Waals surface area contributed by atoms with Crippen LogP contribution in [0.3, 0.4) is 0 Å². The van der Waals surface area contributed by atoms with Crippen LogP contribution in [0.15, 0.2) is 10.2 Å². The molecule has 0 saturated carbocycles. The summed E-state index contributed by atoms with van der Waals surface area (Å²) in [5, 5.41) is 6.22. The van der Waals surface area contributed by atoms with Gasteiger partial charge in [0.15, 0.2) is 5.13 Å². The molecule has 1 atom stereocenters. The van der Waals surface area contributed by atoms with Crippen molar-refractivity contribution < 1.29 is 4.79 Å². The van der Waals surface area contributed by atoms with Gasteiger partial charge in [-0.05, 0) is 37.2 Å². The summed E-state index contributed by atoms with van der Waals surface area (Å²) in [5.41, 5.74) is 2.11. The number of rotatable bonds is 6. The van der Waals surface area contributed by atoms with E-state index in [4.69, 9.17) is 0 Å². The van der Waals surface area contributed by atoms with Crippen molar-refractivity contribution in [2.75, 3.05) is 5.32 Å². The van der Waals surface area contributed by atoms with Crippen LogP contribution in [-0.2, 0) is 24.1 Å². The molecule has 142 valence electrons. The Morgan fingerprint density at radius 1 is 1.37 bits per heavy atom. The minimum atomic E-state index is -0.114. The molecule has 3 aromatic rings. The van der Waals surface area contributed by atoms with Crippen molar-refractivity contribution in [1.29, 1.82) is 0 Å². The van der Waals surface area contributed by atoms with Gasteiger partial charge in [-0.25, -0.2) is 9.97 Å². The van der Waals surface area contributed by atoms with Crippen LogP contribution in [0.4, 0.5) is 5.13 Å². The number of thiazole rings is 1. The molecule has 4 rings (SSSR count). The van der Waals surface area contributed by atoms with Crippen LogP contribution in [0.25, 0.3) is 10.2 Å². The molecule has 1 aliphatic rings. The number of H-pyrrole nitrogens is 1. The lowest BCUT2D eigenvalue weighted by Crippen LogP contribution is -2.16. The Morgan fingerprint density at radius 2 is 2.22 bits per heavy atom. The fourth-order valence-electron chi connectivity index (χ4n) is 3.36. The summed E-state index contributed by atoms with van der Waals surface area (Å²) in [6.07, 6.45) is 4.81. The average molecular weight is 403 g/mol. The van der Waals surface area contributed by atoms with Crippen molar-refractivity contribution in [3.63, 3.8) is 0 Å². The third-order valence-electron chi connectivity index (χ3n) is 5.10. The number of carbonyl (C=O) groups is 1. The second kappa shape index (κ2) is 7.52. The molecule has 3 aromatic heterocycles. The number of aryl methyl sites for hydroxylation is 3. The van der Waals surface area contributed by atoms with E-state index in [1.54, 1.807) is 11.3 Å². The number of hydrogen-bond acceptors (Lipinski definition) is 6. The zero-order valence-electron chi connectivity index (χ0n) is 15.4. The van der Waals surface area contributed by atoms with E-state index in [-0.39, 0.29) is 17.9 Å². The molecule has 27 heavy (non-hydrogen) atoms. The van der Waals surface area contributed by atoms with Gasteiger partial charge in [0, 0.05) is 23.1 Å². The van der Waals surface area contributed by atoms with Crippen LogP contribution in [0, 0.1) is 0 Å². The molecule has 2 N–H and O–H groups in total. The average Bonchev–Trinajstić information content (AvgIpc) is 3.34. The Bertz CT molecular complexity index is 1050. The molecule has 1 aliphatic carbocycles. The first-order valence-corrected chi connectivity index (χ1v) is 11.0. The second-order valence-corrected chi connectivity index (χ2v) is 8.93. The van der Waals surface area contributed by atoms with Crippen LogP contribution in [-0.4, -0.2) is 20.9 Å². The number of anilines is 1. The number of aromatic amines is 1. The minimum absolute atomic E-state index is 0.0760. The topological polar surface area (TPSA) is 87.7 Å². The molecule has 0 fully saturated rings. The standard InChI is InChI=1S/C19H22N4O2S2/c1-3-10(2)12-9-26-19(20-12)23-15(24)8-7-14-21-17(25)16-11-5-4-6-13(11)27-18(16)22-14/h9-10H,3-8H2,1-2H3,(H,20,23,24)(H,21,22,25). The minimum Gasteiger partial charge on any atom is -0.310 e. The number of hydrogen-bond donors (Lipinski definition) is 2. The Morgan fingerprint density at radius 3 is 3.04 bits per heavy atom. The molecule has 0 aliphatic heterocycles. The number of nitrogens with one attached hydrogen (secondary N) is 2. The van der Waals surface area contributed by atoms with Gasteiger partial charge in [-0.3, -0.25) is 9.59 Å². The van der Waals surface area contributed by atoms with Crippen LogP contribution in [0.5, 0.6) is 0 Å². The normalized spacial score (nSPS) is 14.4. The van der Waals surface area contributed by atoms with E-state index >= 15 is 0 Å². The fraction of sp³-hybridized carbons (Fsp3) is 0.474. The van der Waals surface area contributed by atoms with Gasteiger partial charge in [-0.2, -0.15) is 0 Å². The first-order chi connectivity index (χ1) is 13.0. The summed E-state index contributed by atoms with van der Waals surface area (Å²) < 4.78 is 0. The molecule has 6 nitrogen and oxygen atoms in total. The van der Waals surface area contributed by atoms with Crippen molar-refractivity contribution in [2.45, 2.75) is 58.3 Å². The van der Waals surface area contributed by atoms with Crippen molar-refractivity contribution in [3.8, 4) is 0 Å². The summed E-state index contributed by atoms with van der Waals surface area (Å²) in [7, 11) is 0. The lowest BCUT2D eigenvalue weighted by atomic mass is 10.1. The lowest BCUT2D eigenvalue weighted by Gasteiger charge is -2.04. The molecule has 3 heterocycles. The Hall–Kier alpha value is -2.06. The lowest BCUT2D eigenvalue weighted by molar-refractivity contribution is -0.116. The molecule has 0 spiro atoms. The van der Waals surface area contributed by atoms with Crippen LogP contribution in [0.1, 0.15) is 61.0 Å². The van der Waals surface area contributed by atoms with Gasteiger partial charge >= 0.3 is 0 Å². The maximum Gasteiger partial charge on any atom is 0.259 e. The smallest absolute Gasteiger partial charge is 0.259 e. The third-order valence-corrected chi connectivity index (χ3v) is 7.06. The van der Waals surface area contributed by atoms with Crippen molar-refractivity contribution in [2.24, 2.45) is 0 Å². The van der Waals surface area contributed by atoms with Gasteiger partial charge in [-0.1, -0.05) is 13.8 Å². The number of aromatic nitrogens is 3. The van der Waals surface area contributed by atoms with Crippen molar-refractivity contribution >= 4 is 43.9 Å². The number of thiophene rings is 1. The van der Waals surface area contributed by atoms with Gasteiger partial charge in [0.25, 0.3) is 5.56 Å². The van der Waals surface area contributed by atoms with E-state index in [0.717, 1.165) is 41.6 Å². The summed E-state index contributed by atoms with van der Waals surface area (Å²) in [6, 6.07) is 0. The molecule has 8 heteroatoms. The summed E-state index contributed by atoms with van der Waals surface area (Å²) in [6.45, 7) is 4.24. The highest BCUT2D eigenvalue weighted by Crippen LogP contribution is 2.34. The SMILES string of the molecule is CCC(C)c1csc(NC(=O)CCc2nc3sc4c(c3c(=O)[nH]2)CCC4)n1. The van der Waals surface area contributed by atoms with E-state index in [0.29, 0.717) is 23.3 Å². The van der Waals surface area contributed by atoms with Crippen molar-refractivity contribution in [1.82, 2.24) is 15.0 Å². The Labute approximate surface area is 165 Å². The number of nitrogens with zero attached hydrogens (tertiary/aromatic N) is 2. The Balaban J connectivity index is 1.42. The van der Waals surface area contributed by atoms with E-state index in [1.807, 2.05) is 5.38 Å². The summed E-state index contributed by atoms with van der Waals surface area (Å²) in [5.74, 6) is 0.846. The van der Waals surface area contributed by atoms with Gasteiger partial charge in [0.1, 0.15) is 10.7 Å². The number of amides is 1. The summed E-state index contributed by atoms with van der Waals surface area (Å²) >= 11 is 3.07. The number of carbonyl (C=O) groups excluding carboxylic acids is 1. The predicted molar refractivity (Wildman–Crippen MR) is 110 cm³/mol. The molecule has 1 amide bonds. The highest BCUT2D eigenvalue weighted by molar-refractivity contribution is 7.18. The van der Waals surface area contributed by atoms with Crippen LogP contribution in [0.2, 0.25) is 0 Å². The highest BCUT2D eigenvalue weighted by atomic mass is 32.1. The molecule has 1 unspecified atom stereocenters. The third kappa shape index (κ3) is 3.68. The van der Waals surface area contributed by atoms with E-state index in [1.165, 1.54) is 21.8 Å². The highest BCUT2D eigenvalue weighted by Gasteiger charge is 2.21. The molecular weight excluding hydrogens is 380 g/mol. The van der Waals surface area contributed by atoms with E-state index in [2.05, 4.69) is 34.1 Å². The Kier molecular flexibility index (Phi) is 5.10. The summed E-state index contributed by atoms with van der Waals surface area (Å²) in [4.78, 5) is 38.7. The fourth-order valence-corrected chi connectivity index (χ4v) is 5.49. The molecule has 0 aromatic carbocycles. The first kappa shape index (κ1) is 18.3. The van der Waals surface area contributed by atoms with Gasteiger partial charge in [0.2, 0.25) is 5.91 Å². The predicted octanol–water partition coefficient (Wildman–Crippen LogP) is 4.01. The van der Waals surface area contributed by atoms with E-state index < -0.39 is 0 Å². The second-order valence-electron chi connectivity index (χ2n) is 6.99. The monoisotopic (exact) mass is 402 g/mol.